The standard InChI is InChI=1S/C16H23ClN2O/c17-12-2-6-16(7-3-12)20-9-1-8-19-14-4-5-15(19)11-13(18)10-14/h2-3,6-7,13-15H,1,4-5,8-11,18H2. The van der Waals surface area contributed by atoms with E-state index >= 15 is 0 Å². The number of rotatable bonds is 5. The lowest BCUT2D eigenvalue weighted by Gasteiger charge is -2.37. The highest BCUT2D eigenvalue weighted by Crippen LogP contribution is 2.34. The van der Waals surface area contributed by atoms with E-state index in [2.05, 4.69) is 4.90 Å². The number of fused-ring (bicyclic) bond motifs is 2. The SMILES string of the molecule is NC1CC2CCC(C1)N2CCCOc1ccc(Cl)cc1. The molecule has 1 aromatic carbocycles. The van der Waals surface area contributed by atoms with Crippen molar-refractivity contribution < 1.29 is 4.74 Å². The van der Waals surface area contributed by atoms with Gasteiger partial charge >= 0.3 is 0 Å². The zero-order valence-electron chi connectivity index (χ0n) is 11.8. The molecule has 2 heterocycles. The van der Waals surface area contributed by atoms with Crippen LogP contribution >= 0.6 is 11.6 Å². The first kappa shape index (κ1) is 14.2. The number of halogens is 1. The predicted molar refractivity (Wildman–Crippen MR) is 82.3 cm³/mol. The molecule has 0 amide bonds. The highest BCUT2D eigenvalue weighted by Gasteiger charge is 2.38. The topological polar surface area (TPSA) is 38.5 Å². The molecule has 0 saturated carbocycles. The smallest absolute Gasteiger partial charge is 0.119 e. The lowest BCUT2D eigenvalue weighted by atomic mass is 9.98. The predicted octanol–water partition coefficient (Wildman–Crippen LogP) is 3.06. The summed E-state index contributed by atoms with van der Waals surface area (Å²) in [4.78, 5) is 2.66. The first-order chi connectivity index (χ1) is 9.72. The molecule has 2 aliphatic heterocycles. The number of nitrogens with zero attached hydrogens (tertiary/aromatic N) is 1. The molecule has 0 aliphatic carbocycles. The molecule has 0 radical (unpaired) electrons. The Morgan fingerprint density at radius 3 is 2.45 bits per heavy atom. The van der Waals surface area contributed by atoms with Crippen LogP contribution in [0.3, 0.4) is 0 Å². The zero-order chi connectivity index (χ0) is 13.9. The van der Waals surface area contributed by atoms with E-state index < -0.39 is 0 Å². The van der Waals surface area contributed by atoms with E-state index in [4.69, 9.17) is 22.1 Å². The number of nitrogens with two attached hydrogens (primary N) is 1. The van der Waals surface area contributed by atoms with Gasteiger partial charge in [0.25, 0.3) is 0 Å². The zero-order valence-corrected chi connectivity index (χ0v) is 12.6. The van der Waals surface area contributed by atoms with Gasteiger partial charge in [-0.25, -0.2) is 0 Å². The maximum Gasteiger partial charge on any atom is 0.119 e. The summed E-state index contributed by atoms with van der Waals surface area (Å²) in [5, 5.41) is 0.749. The molecule has 20 heavy (non-hydrogen) atoms. The summed E-state index contributed by atoms with van der Waals surface area (Å²) in [6.45, 7) is 1.90. The largest absolute Gasteiger partial charge is 0.494 e. The van der Waals surface area contributed by atoms with Crippen LogP contribution in [0.4, 0.5) is 0 Å². The molecule has 2 atom stereocenters. The van der Waals surface area contributed by atoms with Crippen LogP contribution < -0.4 is 10.5 Å². The summed E-state index contributed by atoms with van der Waals surface area (Å²) in [6, 6.07) is 9.44. The molecular formula is C16H23ClN2O. The van der Waals surface area contributed by atoms with Crippen LogP contribution in [-0.2, 0) is 0 Å². The fourth-order valence-corrected chi connectivity index (χ4v) is 3.78. The fraction of sp³-hybridized carbons (Fsp3) is 0.625. The molecular weight excluding hydrogens is 272 g/mol. The molecule has 2 saturated heterocycles. The summed E-state index contributed by atoms with van der Waals surface area (Å²) in [7, 11) is 0. The van der Waals surface area contributed by atoms with Gasteiger partial charge in [-0.3, -0.25) is 4.90 Å². The molecule has 110 valence electrons. The second-order valence-electron chi connectivity index (χ2n) is 6.01. The van der Waals surface area contributed by atoms with Gasteiger partial charge in [-0.1, -0.05) is 11.6 Å². The van der Waals surface area contributed by atoms with Gasteiger partial charge in [-0.2, -0.15) is 0 Å². The molecule has 2 N–H and O–H groups in total. The number of hydrogen-bond donors (Lipinski definition) is 1. The Labute approximate surface area is 126 Å². The van der Waals surface area contributed by atoms with Crippen LogP contribution in [0.1, 0.15) is 32.1 Å². The van der Waals surface area contributed by atoms with Gasteiger partial charge in [0.05, 0.1) is 6.61 Å². The van der Waals surface area contributed by atoms with Gasteiger partial charge < -0.3 is 10.5 Å². The van der Waals surface area contributed by atoms with Crippen molar-refractivity contribution in [1.82, 2.24) is 4.90 Å². The molecule has 2 bridgehead atoms. The quantitative estimate of drug-likeness (QED) is 0.848. The monoisotopic (exact) mass is 294 g/mol. The Morgan fingerprint density at radius 1 is 1.15 bits per heavy atom. The Hall–Kier alpha value is -0.770. The number of piperidine rings is 1. The maximum absolute atomic E-state index is 6.10. The van der Waals surface area contributed by atoms with E-state index in [0.29, 0.717) is 6.04 Å². The maximum atomic E-state index is 6.10. The Morgan fingerprint density at radius 2 is 1.80 bits per heavy atom. The third-order valence-electron chi connectivity index (χ3n) is 4.56. The number of benzene rings is 1. The third-order valence-corrected chi connectivity index (χ3v) is 4.82. The van der Waals surface area contributed by atoms with E-state index in [1.165, 1.54) is 25.7 Å². The Kier molecular flexibility index (Phi) is 4.49. The normalized spacial score (nSPS) is 29.6. The first-order valence-corrected chi connectivity index (χ1v) is 8.00. The van der Waals surface area contributed by atoms with Gasteiger partial charge in [0.15, 0.2) is 0 Å². The van der Waals surface area contributed by atoms with Crippen molar-refractivity contribution >= 4 is 11.6 Å². The van der Waals surface area contributed by atoms with Crippen LogP contribution in [0.15, 0.2) is 24.3 Å². The average Bonchev–Trinajstić information content (AvgIpc) is 2.67. The minimum Gasteiger partial charge on any atom is -0.494 e. The third kappa shape index (κ3) is 3.27. The van der Waals surface area contributed by atoms with Crippen molar-refractivity contribution in [3.63, 3.8) is 0 Å². The van der Waals surface area contributed by atoms with Crippen LogP contribution in [-0.4, -0.2) is 36.2 Å². The van der Waals surface area contributed by atoms with Gasteiger partial charge in [0, 0.05) is 29.7 Å². The van der Waals surface area contributed by atoms with E-state index in [-0.39, 0.29) is 0 Å². The van der Waals surface area contributed by atoms with Crippen LogP contribution in [0.25, 0.3) is 0 Å². The first-order valence-electron chi connectivity index (χ1n) is 7.62. The van der Waals surface area contributed by atoms with Gasteiger partial charge in [-0.05, 0) is 56.4 Å². The van der Waals surface area contributed by atoms with E-state index in [9.17, 15) is 0 Å². The summed E-state index contributed by atoms with van der Waals surface area (Å²) in [6.07, 6.45) is 6.08. The second-order valence-corrected chi connectivity index (χ2v) is 6.45. The number of hydrogen-bond acceptors (Lipinski definition) is 3. The molecule has 0 aromatic heterocycles. The van der Waals surface area contributed by atoms with Crippen molar-refractivity contribution in [3.05, 3.63) is 29.3 Å². The summed E-state index contributed by atoms with van der Waals surface area (Å²) < 4.78 is 5.75. The van der Waals surface area contributed by atoms with Crippen molar-refractivity contribution in [3.8, 4) is 5.75 Å². The molecule has 2 fully saturated rings. The molecule has 2 aliphatic rings. The molecule has 2 unspecified atom stereocenters. The van der Waals surface area contributed by atoms with Crippen LogP contribution in [0.2, 0.25) is 5.02 Å². The molecule has 3 nitrogen and oxygen atoms in total. The van der Waals surface area contributed by atoms with Crippen LogP contribution in [0, 0.1) is 0 Å². The summed E-state index contributed by atoms with van der Waals surface area (Å²) in [5.74, 6) is 0.901. The Bertz CT molecular complexity index is 423. The van der Waals surface area contributed by atoms with E-state index in [1.54, 1.807) is 0 Å². The molecule has 0 spiro atoms. The minimum atomic E-state index is 0.425. The van der Waals surface area contributed by atoms with Crippen molar-refractivity contribution in [2.24, 2.45) is 5.73 Å². The van der Waals surface area contributed by atoms with Crippen molar-refractivity contribution in [1.29, 1.82) is 0 Å². The lowest BCUT2D eigenvalue weighted by Crippen LogP contribution is -2.47. The Balaban J connectivity index is 1.41. The van der Waals surface area contributed by atoms with E-state index in [1.807, 2.05) is 24.3 Å². The average molecular weight is 295 g/mol. The minimum absolute atomic E-state index is 0.425. The van der Waals surface area contributed by atoms with Gasteiger partial charge in [0.2, 0.25) is 0 Å². The second kappa shape index (κ2) is 6.33. The molecule has 4 heteroatoms. The summed E-state index contributed by atoms with van der Waals surface area (Å²) >= 11 is 5.85. The van der Waals surface area contributed by atoms with Crippen LogP contribution in [0.5, 0.6) is 5.75 Å². The fourth-order valence-electron chi connectivity index (χ4n) is 3.65. The summed E-state index contributed by atoms with van der Waals surface area (Å²) in [5.41, 5.74) is 6.10. The van der Waals surface area contributed by atoms with Gasteiger partial charge in [-0.15, -0.1) is 0 Å². The van der Waals surface area contributed by atoms with E-state index in [0.717, 1.165) is 42.4 Å². The molecule has 1 aromatic rings. The highest BCUT2D eigenvalue weighted by atomic mass is 35.5. The van der Waals surface area contributed by atoms with Crippen molar-refractivity contribution in [2.45, 2.75) is 50.2 Å². The lowest BCUT2D eigenvalue weighted by molar-refractivity contribution is 0.119. The highest BCUT2D eigenvalue weighted by molar-refractivity contribution is 6.30. The van der Waals surface area contributed by atoms with Gasteiger partial charge in [0.1, 0.15) is 5.75 Å². The number of ether oxygens (including phenoxy) is 1. The molecule has 3 rings (SSSR count). The van der Waals surface area contributed by atoms with Crippen molar-refractivity contribution in [2.75, 3.05) is 13.2 Å².